The van der Waals surface area contributed by atoms with E-state index in [4.69, 9.17) is 19.8 Å². The molecule has 9 nitrogen and oxygen atoms in total. The van der Waals surface area contributed by atoms with Gasteiger partial charge in [0.05, 0.1) is 18.8 Å². The van der Waals surface area contributed by atoms with Crippen LogP contribution in [0.4, 0.5) is 17.6 Å². The van der Waals surface area contributed by atoms with Crippen LogP contribution < -0.4 is 15.5 Å². The molecule has 2 aliphatic rings. The van der Waals surface area contributed by atoms with Crippen LogP contribution in [0, 0.1) is 13.8 Å². The van der Waals surface area contributed by atoms with Crippen LogP contribution in [0.1, 0.15) is 17.7 Å². The van der Waals surface area contributed by atoms with Gasteiger partial charge >= 0.3 is 0 Å². The molecular weight excluding hydrogens is 368 g/mol. The van der Waals surface area contributed by atoms with Gasteiger partial charge in [0.1, 0.15) is 16.9 Å². The Hall–Kier alpha value is -2.78. The summed E-state index contributed by atoms with van der Waals surface area (Å²) < 4.78 is 7.19. The molecule has 0 spiro atoms. The summed E-state index contributed by atoms with van der Waals surface area (Å²) >= 11 is 0. The van der Waals surface area contributed by atoms with E-state index in [2.05, 4.69) is 27.4 Å². The monoisotopic (exact) mass is 394 g/mol. The molecule has 2 aliphatic heterocycles. The molecule has 0 aromatic carbocycles. The molecule has 3 aromatic rings. The first-order valence-electron chi connectivity index (χ1n) is 10.1. The largest absolute Gasteiger partial charge is 0.383 e. The van der Waals surface area contributed by atoms with Gasteiger partial charge in [-0.3, -0.25) is 4.68 Å². The average Bonchev–Trinajstić information content (AvgIpc) is 3.41. The minimum absolute atomic E-state index is 0.450. The SMILES string of the molecule is COCCn1nc(C)c2nc(N3C[C@@H]4C[C@H]3CN4)nc(Nc3cc(C)ccn3)c21. The van der Waals surface area contributed by atoms with Crippen LogP contribution in [0.25, 0.3) is 11.0 Å². The number of aromatic nitrogens is 5. The third-order valence-electron chi connectivity index (χ3n) is 5.73. The Morgan fingerprint density at radius 1 is 1.31 bits per heavy atom. The minimum atomic E-state index is 0.450. The number of ether oxygens (including phenoxy) is 1. The fourth-order valence-corrected chi connectivity index (χ4v) is 4.30. The van der Waals surface area contributed by atoms with Crippen molar-refractivity contribution in [3.63, 3.8) is 0 Å². The highest BCUT2D eigenvalue weighted by atomic mass is 16.5. The molecule has 2 fully saturated rings. The number of nitrogens with one attached hydrogen (secondary N) is 2. The minimum Gasteiger partial charge on any atom is -0.383 e. The maximum Gasteiger partial charge on any atom is 0.228 e. The second kappa shape index (κ2) is 7.23. The first kappa shape index (κ1) is 18.3. The zero-order chi connectivity index (χ0) is 20.0. The number of aryl methyl sites for hydroxylation is 2. The van der Waals surface area contributed by atoms with Gasteiger partial charge in [-0.1, -0.05) is 0 Å². The third-order valence-corrected chi connectivity index (χ3v) is 5.73. The summed E-state index contributed by atoms with van der Waals surface area (Å²) in [5, 5.41) is 11.7. The van der Waals surface area contributed by atoms with Crippen LogP contribution in [0.2, 0.25) is 0 Å². The summed E-state index contributed by atoms with van der Waals surface area (Å²) in [6.45, 7) is 7.18. The second-order valence-corrected chi connectivity index (χ2v) is 7.86. The fraction of sp³-hybridized carbons (Fsp3) is 0.500. The van der Waals surface area contributed by atoms with E-state index in [-0.39, 0.29) is 0 Å². The number of hydrogen-bond donors (Lipinski definition) is 2. The Labute approximate surface area is 169 Å². The van der Waals surface area contributed by atoms with Crippen LogP contribution in [0.15, 0.2) is 18.3 Å². The third kappa shape index (κ3) is 3.30. The molecule has 2 bridgehead atoms. The molecule has 5 rings (SSSR count). The topological polar surface area (TPSA) is 93.0 Å². The van der Waals surface area contributed by atoms with Crippen LogP contribution in [0.3, 0.4) is 0 Å². The van der Waals surface area contributed by atoms with Gasteiger partial charge in [0.2, 0.25) is 5.95 Å². The lowest BCUT2D eigenvalue weighted by atomic mass is 10.2. The van der Waals surface area contributed by atoms with Gasteiger partial charge in [0.25, 0.3) is 0 Å². The summed E-state index contributed by atoms with van der Waals surface area (Å²) in [6, 6.07) is 4.97. The number of piperazine rings is 1. The van der Waals surface area contributed by atoms with E-state index in [1.165, 1.54) is 0 Å². The number of pyridine rings is 1. The maximum atomic E-state index is 5.27. The lowest BCUT2D eigenvalue weighted by Crippen LogP contribution is -2.44. The number of hydrogen-bond acceptors (Lipinski definition) is 8. The first-order chi connectivity index (χ1) is 14.1. The van der Waals surface area contributed by atoms with Gasteiger partial charge in [-0.25, -0.2) is 9.97 Å². The summed E-state index contributed by atoms with van der Waals surface area (Å²) in [7, 11) is 1.69. The van der Waals surface area contributed by atoms with Crippen molar-refractivity contribution in [2.24, 2.45) is 0 Å². The molecular formula is C20H26N8O. The normalized spacial score (nSPS) is 20.7. The standard InChI is InChI=1S/C20H26N8O/c1-12-4-5-21-16(8-12)23-19-18-17(13(2)26-28(18)6-7-29-3)24-20(25-19)27-11-14-9-15(27)10-22-14/h4-5,8,14-15,22H,6-7,9-11H2,1-3H3,(H,21,23,24,25)/t14-,15-/m0/s1. The van der Waals surface area contributed by atoms with Gasteiger partial charge < -0.3 is 20.3 Å². The summed E-state index contributed by atoms with van der Waals surface area (Å²) in [5.41, 5.74) is 3.79. The van der Waals surface area contributed by atoms with E-state index in [1.54, 1.807) is 13.3 Å². The van der Waals surface area contributed by atoms with Crippen molar-refractivity contribution in [1.29, 1.82) is 0 Å². The Morgan fingerprint density at radius 2 is 2.21 bits per heavy atom. The van der Waals surface area contributed by atoms with Crippen molar-refractivity contribution in [3.8, 4) is 0 Å². The van der Waals surface area contributed by atoms with Gasteiger partial charge in [-0.2, -0.15) is 10.1 Å². The summed E-state index contributed by atoms with van der Waals surface area (Å²) in [4.78, 5) is 16.6. The van der Waals surface area contributed by atoms with Gasteiger partial charge in [-0.15, -0.1) is 0 Å². The molecule has 29 heavy (non-hydrogen) atoms. The Kier molecular flexibility index (Phi) is 4.56. The lowest BCUT2D eigenvalue weighted by molar-refractivity contribution is 0.185. The number of rotatable bonds is 6. The molecule has 0 aliphatic carbocycles. The highest BCUT2D eigenvalue weighted by Gasteiger charge is 2.39. The van der Waals surface area contributed by atoms with Crippen LogP contribution in [-0.2, 0) is 11.3 Å². The molecule has 2 N–H and O–H groups in total. The van der Waals surface area contributed by atoms with E-state index in [9.17, 15) is 0 Å². The quantitative estimate of drug-likeness (QED) is 0.654. The molecule has 0 amide bonds. The predicted molar refractivity (Wildman–Crippen MR) is 112 cm³/mol. The van der Waals surface area contributed by atoms with Crippen molar-refractivity contribution in [2.75, 3.05) is 37.0 Å². The molecule has 9 heteroatoms. The molecule has 5 heterocycles. The van der Waals surface area contributed by atoms with Crippen LogP contribution in [0.5, 0.6) is 0 Å². The number of nitrogens with zero attached hydrogens (tertiary/aromatic N) is 6. The molecule has 0 unspecified atom stereocenters. The number of fused-ring (bicyclic) bond motifs is 3. The van der Waals surface area contributed by atoms with Crippen LogP contribution >= 0.6 is 0 Å². The first-order valence-corrected chi connectivity index (χ1v) is 10.1. The predicted octanol–water partition coefficient (Wildman–Crippen LogP) is 1.78. The fourth-order valence-electron chi connectivity index (χ4n) is 4.30. The molecule has 2 saturated heterocycles. The average molecular weight is 394 g/mol. The van der Waals surface area contributed by atoms with E-state index in [0.717, 1.165) is 59.4 Å². The van der Waals surface area contributed by atoms with Crippen molar-refractivity contribution >= 4 is 28.6 Å². The van der Waals surface area contributed by atoms with Crippen molar-refractivity contribution < 1.29 is 4.74 Å². The molecule has 3 aromatic heterocycles. The zero-order valence-corrected chi connectivity index (χ0v) is 17.0. The van der Waals surface area contributed by atoms with Crippen molar-refractivity contribution in [1.82, 2.24) is 30.0 Å². The summed E-state index contributed by atoms with van der Waals surface area (Å²) in [6.07, 6.45) is 2.95. The smallest absolute Gasteiger partial charge is 0.228 e. The van der Waals surface area contributed by atoms with E-state index >= 15 is 0 Å². The van der Waals surface area contributed by atoms with Crippen molar-refractivity contribution in [3.05, 3.63) is 29.6 Å². The Bertz CT molecular complexity index is 1050. The lowest BCUT2D eigenvalue weighted by Gasteiger charge is -2.27. The highest BCUT2D eigenvalue weighted by Crippen LogP contribution is 2.32. The Morgan fingerprint density at radius 3 is 2.93 bits per heavy atom. The van der Waals surface area contributed by atoms with Crippen molar-refractivity contribution in [2.45, 2.75) is 38.9 Å². The zero-order valence-electron chi connectivity index (χ0n) is 17.0. The number of anilines is 3. The second-order valence-electron chi connectivity index (χ2n) is 7.86. The summed E-state index contributed by atoms with van der Waals surface area (Å²) in [5.74, 6) is 2.25. The van der Waals surface area contributed by atoms with E-state index in [1.807, 2.05) is 23.7 Å². The van der Waals surface area contributed by atoms with Crippen LogP contribution in [-0.4, -0.2) is 63.6 Å². The molecule has 0 radical (unpaired) electrons. The molecule has 2 atom stereocenters. The Balaban J connectivity index is 1.62. The van der Waals surface area contributed by atoms with Gasteiger partial charge in [0.15, 0.2) is 5.82 Å². The number of methoxy groups -OCH3 is 1. The maximum absolute atomic E-state index is 5.27. The highest BCUT2D eigenvalue weighted by molar-refractivity contribution is 5.90. The van der Waals surface area contributed by atoms with Gasteiger partial charge in [-0.05, 0) is 38.0 Å². The molecule has 0 saturated carbocycles. The molecule has 152 valence electrons. The van der Waals surface area contributed by atoms with Gasteiger partial charge in [0, 0.05) is 38.5 Å². The van der Waals surface area contributed by atoms with E-state index in [0.29, 0.717) is 25.2 Å². The van der Waals surface area contributed by atoms with E-state index < -0.39 is 0 Å².